The Labute approximate surface area is 369 Å². The molecule has 0 saturated carbocycles. The molecule has 0 radical (unpaired) electrons. The van der Waals surface area contributed by atoms with E-state index in [2.05, 4.69) is 25.9 Å². The van der Waals surface area contributed by atoms with Crippen molar-refractivity contribution >= 4 is 59.0 Å². The van der Waals surface area contributed by atoms with E-state index in [0.717, 1.165) is 16.7 Å². The van der Waals surface area contributed by atoms with E-state index >= 15 is 4.39 Å². The number of hydrogen-bond acceptors (Lipinski definition) is 9. The van der Waals surface area contributed by atoms with Gasteiger partial charge in [0.25, 0.3) is 5.91 Å². The van der Waals surface area contributed by atoms with Crippen molar-refractivity contribution in [3.05, 3.63) is 76.6 Å². The van der Waals surface area contributed by atoms with Gasteiger partial charge in [-0.25, -0.2) is 23.6 Å². The monoisotopic (exact) mass is 875 g/mol. The first-order valence-corrected chi connectivity index (χ1v) is 20.8. The number of carbonyl (C=O) groups is 5. The molecule has 0 aliphatic carbocycles. The second-order valence-electron chi connectivity index (χ2n) is 19.1. The minimum atomic E-state index is -0.890. The quantitative estimate of drug-likeness (QED) is 0.151. The molecule has 5 amide bonds. The molecule has 342 valence electrons. The molecular formula is C46H62FN7O9. The third-order valence-electron chi connectivity index (χ3n) is 8.85. The SMILES string of the molecule is Cc1cc(C2=CCN(C(=NC(=O)OC(C)(C)C)NC(=O)OC(C)(C)C)CC2)ccc1NC(=O)c1ccc(C2=CCN(C(=NC(=O)OC(C)(C)C)NC(=O)OC(C)(C)C)CC2)c(F)c1. The van der Waals surface area contributed by atoms with Crippen molar-refractivity contribution in [2.24, 2.45) is 9.98 Å². The average Bonchev–Trinajstić information content (AvgIpc) is 3.12. The van der Waals surface area contributed by atoms with Gasteiger partial charge in [0.1, 0.15) is 28.2 Å². The first kappa shape index (κ1) is 49.4. The number of nitrogens with zero attached hydrogens (tertiary/aromatic N) is 4. The summed E-state index contributed by atoms with van der Waals surface area (Å²) >= 11 is 0. The summed E-state index contributed by atoms with van der Waals surface area (Å²) in [6.07, 6.45) is 1.35. The minimum absolute atomic E-state index is 0.0139. The van der Waals surface area contributed by atoms with Crippen LogP contribution >= 0.6 is 0 Å². The summed E-state index contributed by atoms with van der Waals surface area (Å²) in [5.74, 6) is -1.11. The topological polar surface area (TPSA) is 190 Å². The molecular weight excluding hydrogens is 814 g/mol. The van der Waals surface area contributed by atoms with Crippen LogP contribution in [0.25, 0.3) is 11.1 Å². The Hall–Kier alpha value is -6.26. The predicted molar refractivity (Wildman–Crippen MR) is 240 cm³/mol. The number of benzene rings is 2. The summed E-state index contributed by atoms with van der Waals surface area (Å²) < 4.78 is 37.1. The molecule has 0 spiro atoms. The summed E-state index contributed by atoms with van der Waals surface area (Å²) in [5, 5.41) is 8.03. The van der Waals surface area contributed by atoms with Crippen molar-refractivity contribution in [2.75, 3.05) is 31.5 Å². The molecule has 0 aromatic heterocycles. The standard InChI is InChI=1S/C46H62FN7O9/c1-28-26-31(29-18-22-53(23-19-29)37(49-39(56)60-43(2,3)4)50-40(57)61-44(5,6)7)15-17-35(28)48-36(55)32-14-16-33(34(47)27-32)30-20-24-54(25-21-30)38(51-41(58)62-45(8,9)10)52-42(59)63-46(11,12)13/h14-18,20,26-27H,19,21-25H2,1-13H3,(H,48,55)(H,49,50,56,57)(H,51,52,58,59). The number of rotatable bonds is 4. The first-order valence-electron chi connectivity index (χ1n) is 20.8. The zero-order valence-corrected chi connectivity index (χ0v) is 38.7. The van der Waals surface area contributed by atoms with E-state index in [9.17, 15) is 24.0 Å². The zero-order chi connectivity index (χ0) is 47.1. The summed E-state index contributed by atoms with van der Waals surface area (Å²) in [6, 6.07) is 9.92. The normalized spacial score (nSPS) is 15.4. The van der Waals surface area contributed by atoms with Crippen molar-refractivity contribution in [2.45, 2.75) is 125 Å². The Morgan fingerprint density at radius 1 is 0.619 bits per heavy atom. The van der Waals surface area contributed by atoms with Crippen LogP contribution in [0.3, 0.4) is 0 Å². The number of aliphatic imine (C=N–C) groups is 2. The van der Waals surface area contributed by atoms with Crippen LogP contribution < -0.4 is 16.0 Å². The molecule has 2 aromatic carbocycles. The number of ether oxygens (including phenoxy) is 4. The van der Waals surface area contributed by atoms with Crippen LogP contribution in [0.15, 0.2) is 58.5 Å². The van der Waals surface area contributed by atoms with Gasteiger partial charge >= 0.3 is 24.4 Å². The van der Waals surface area contributed by atoms with E-state index in [1.165, 1.54) is 6.07 Å². The molecule has 0 bridgehead atoms. The fourth-order valence-corrected chi connectivity index (χ4v) is 6.23. The highest BCUT2D eigenvalue weighted by atomic mass is 19.1. The lowest BCUT2D eigenvalue weighted by molar-refractivity contribution is 0.0536. The van der Waals surface area contributed by atoms with Crippen LogP contribution in [0.5, 0.6) is 0 Å². The lowest BCUT2D eigenvalue weighted by Gasteiger charge is -2.30. The Balaban J connectivity index is 1.43. The van der Waals surface area contributed by atoms with E-state index in [0.29, 0.717) is 42.8 Å². The molecule has 2 aliphatic heterocycles. The maximum atomic E-state index is 15.7. The fourth-order valence-electron chi connectivity index (χ4n) is 6.23. The summed E-state index contributed by atoms with van der Waals surface area (Å²) in [6.45, 7) is 23.7. The van der Waals surface area contributed by atoms with Gasteiger partial charge in [0.05, 0.1) is 0 Å². The summed E-state index contributed by atoms with van der Waals surface area (Å²) in [5.41, 5.74) is 1.27. The van der Waals surface area contributed by atoms with Crippen molar-refractivity contribution in [1.29, 1.82) is 0 Å². The van der Waals surface area contributed by atoms with Crippen molar-refractivity contribution in [1.82, 2.24) is 20.4 Å². The molecule has 3 N–H and O–H groups in total. The lowest BCUT2D eigenvalue weighted by atomic mass is 9.97. The molecule has 0 fully saturated rings. The Morgan fingerprint density at radius 3 is 1.48 bits per heavy atom. The number of anilines is 1. The first-order chi connectivity index (χ1) is 29.0. The molecule has 2 aromatic rings. The van der Waals surface area contributed by atoms with Gasteiger partial charge in [-0.1, -0.05) is 24.3 Å². The molecule has 2 heterocycles. The highest BCUT2D eigenvalue weighted by molar-refractivity contribution is 6.05. The number of hydrogen-bond donors (Lipinski definition) is 3. The van der Waals surface area contributed by atoms with Gasteiger partial charge in [-0.05, 0) is 149 Å². The van der Waals surface area contributed by atoms with Gasteiger partial charge < -0.3 is 34.1 Å². The van der Waals surface area contributed by atoms with E-state index in [-0.39, 0.29) is 30.6 Å². The van der Waals surface area contributed by atoms with Gasteiger partial charge in [-0.15, -0.1) is 9.98 Å². The molecule has 0 unspecified atom stereocenters. The van der Waals surface area contributed by atoms with Gasteiger partial charge in [-0.2, -0.15) is 0 Å². The van der Waals surface area contributed by atoms with Crippen molar-refractivity contribution in [3.8, 4) is 0 Å². The summed E-state index contributed by atoms with van der Waals surface area (Å²) in [7, 11) is 0. The van der Waals surface area contributed by atoms with E-state index < -0.39 is 58.5 Å². The average molecular weight is 876 g/mol. The molecule has 63 heavy (non-hydrogen) atoms. The van der Waals surface area contributed by atoms with E-state index in [1.807, 2.05) is 25.1 Å². The highest BCUT2D eigenvalue weighted by Gasteiger charge is 2.27. The molecule has 4 rings (SSSR count). The number of alkyl carbamates (subject to hydrolysis) is 2. The third kappa shape index (κ3) is 16.2. The second kappa shape index (κ2) is 19.8. The van der Waals surface area contributed by atoms with Crippen LogP contribution in [-0.2, 0) is 18.9 Å². The van der Waals surface area contributed by atoms with Crippen LogP contribution in [0.4, 0.5) is 29.3 Å². The highest BCUT2D eigenvalue weighted by Crippen LogP contribution is 2.29. The Kier molecular flexibility index (Phi) is 15.6. The summed E-state index contributed by atoms with van der Waals surface area (Å²) in [4.78, 5) is 75.3. The molecule has 16 nitrogen and oxygen atoms in total. The number of carbonyl (C=O) groups excluding carboxylic acids is 5. The number of halogens is 1. The van der Waals surface area contributed by atoms with Gasteiger partial charge in [0.2, 0.25) is 11.9 Å². The van der Waals surface area contributed by atoms with Gasteiger partial charge in [0, 0.05) is 43.0 Å². The molecule has 0 atom stereocenters. The predicted octanol–water partition coefficient (Wildman–Crippen LogP) is 9.20. The molecule has 2 aliphatic rings. The van der Waals surface area contributed by atoms with Gasteiger partial charge in [0.15, 0.2) is 0 Å². The largest absolute Gasteiger partial charge is 0.444 e. The van der Waals surface area contributed by atoms with Crippen molar-refractivity contribution in [3.63, 3.8) is 0 Å². The number of guanidine groups is 2. The third-order valence-corrected chi connectivity index (χ3v) is 8.85. The molecule has 17 heteroatoms. The fraction of sp³-hybridized carbons (Fsp3) is 0.500. The number of nitrogens with one attached hydrogen (secondary N) is 3. The van der Waals surface area contributed by atoms with Crippen molar-refractivity contribution < 1.29 is 47.3 Å². The van der Waals surface area contributed by atoms with Crippen LogP contribution in [0, 0.1) is 12.7 Å². The molecule has 0 saturated heterocycles. The Bertz CT molecular complexity index is 2200. The van der Waals surface area contributed by atoms with E-state index in [4.69, 9.17) is 18.9 Å². The van der Waals surface area contributed by atoms with Crippen LogP contribution in [0.2, 0.25) is 0 Å². The second-order valence-corrected chi connectivity index (χ2v) is 19.1. The van der Waals surface area contributed by atoms with Crippen LogP contribution in [0.1, 0.15) is 123 Å². The number of amides is 5. The number of aryl methyl sites for hydroxylation is 1. The zero-order valence-electron chi connectivity index (χ0n) is 38.7. The Morgan fingerprint density at radius 2 is 1.08 bits per heavy atom. The van der Waals surface area contributed by atoms with E-state index in [1.54, 1.807) is 117 Å². The lowest BCUT2D eigenvalue weighted by Crippen LogP contribution is -2.48. The maximum Gasteiger partial charge on any atom is 0.437 e. The smallest absolute Gasteiger partial charge is 0.437 e. The van der Waals surface area contributed by atoms with Gasteiger partial charge in [-0.3, -0.25) is 15.4 Å². The maximum absolute atomic E-state index is 15.7. The van der Waals surface area contributed by atoms with Crippen LogP contribution in [-0.4, -0.2) is 101 Å². The minimum Gasteiger partial charge on any atom is -0.444 e.